The zero-order valence-corrected chi connectivity index (χ0v) is 12.5. The summed E-state index contributed by atoms with van der Waals surface area (Å²) in [6.07, 6.45) is -3.02. The van der Waals surface area contributed by atoms with Crippen LogP contribution >= 0.6 is 0 Å². The van der Waals surface area contributed by atoms with Gasteiger partial charge in [0.05, 0.1) is 13.4 Å². The third-order valence-corrected chi connectivity index (χ3v) is 3.09. The molecule has 3 aromatic rings. The molecule has 7 nitrogen and oxygen atoms in total. The summed E-state index contributed by atoms with van der Waals surface area (Å²) in [7, 11) is 1.55. The van der Waals surface area contributed by atoms with Gasteiger partial charge >= 0.3 is 6.18 Å². The SMILES string of the molecule is COc1ccc(Nc2nc(NCC(F)(F)F)c3[nH]cnc3n2)cc1. The summed E-state index contributed by atoms with van der Waals surface area (Å²) in [5, 5.41) is 5.17. The molecule has 0 atom stereocenters. The van der Waals surface area contributed by atoms with Crippen molar-refractivity contribution in [1.82, 2.24) is 19.9 Å². The number of anilines is 3. The van der Waals surface area contributed by atoms with Crippen LogP contribution in [-0.4, -0.2) is 39.8 Å². The second-order valence-corrected chi connectivity index (χ2v) is 4.82. The number of hydrogen-bond acceptors (Lipinski definition) is 6. The lowest BCUT2D eigenvalue weighted by atomic mass is 10.3. The van der Waals surface area contributed by atoms with E-state index in [9.17, 15) is 13.2 Å². The van der Waals surface area contributed by atoms with Gasteiger partial charge in [0.1, 0.15) is 17.8 Å². The van der Waals surface area contributed by atoms with Crippen LogP contribution in [0.3, 0.4) is 0 Å². The zero-order chi connectivity index (χ0) is 17.2. The molecule has 2 aromatic heterocycles. The number of nitrogens with zero attached hydrogens (tertiary/aromatic N) is 3. The van der Waals surface area contributed by atoms with Crippen molar-refractivity contribution in [3.63, 3.8) is 0 Å². The fourth-order valence-corrected chi connectivity index (χ4v) is 2.00. The monoisotopic (exact) mass is 338 g/mol. The molecule has 3 N–H and O–H groups in total. The van der Waals surface area contributed by atoms with E-state index in [2.05, 4.69) is 30.6 Å². The summed E-state index contributed by atoms with van der Waals surface area (Å²) >= 11 is 0. The van der Waals surface area contributed by atoms with Crippen LogP contribution in [0.5, 0.6) is 5.75 Å². The van der Waals surface area contributed by atoms with E-state index in [1.165, 1.54) is 6.33 Å². The van der Waals surface area contributed by atoms with Crippen LogP contribution in [0.25, 0.3) is 11.2 Å². The van der Waals surface area contributed by atoms with Crippen molar-refractivity contribution >= 4 is 28.6 Å². The molecule has 0 fully saturated rings. The Labute approximate surface area is 134 Å². The maximum Gasteiger partial charge on any atom is 0.405 e. The average molecular weight is 338 g/mol. The highest BCUT2D eigenvalue weighted by molar-refractivity contribution is 5.84. The van der Waals surface area contributed by atoms with Gasteiger partial charge in [0.2, 0.25) is 5.95 Å². The van der Waals surface area contributed by atoms with Gasteiger partial charge in [-0.05, 0) is 24.3 Å². The van der Waals surface area contributed by atoms with Crippen molar-refractivity contribution in [3.05, 3.63) is 30.6 Å². The second kappa shape index (κ2) is 6.22. The summed E-state index contributed by atoms with van der Waals surface area (Å²) in [5.74, 6) is 0.826. The van der Waals surface area contributed by atoms with E-state index in [0.29, 0.717) is 17.0 Å². The van der Waals surface area contributed by atoms with Crippen molar-refractivity contribution in [1.29, 1.82) is 0 Å². The Hall–Kier alpha value is -3.04. The number of H-pyrrole nitrogens is 1. The predicted octanol–water partition coefficient (Wildman–Crippen LogP) is 3.08. The Morgan fingerprint density at radius 2 is 1.92 bits per heavy atom. The Bertz CT molecular complexity index is 831. The first-order valence-corrected chi connectivity index (χ1v) is 6.87. The van der Waals surface area contributed by atoms with Crippen LogP contribution in [0, 0.1) is 0 Å². The van der Waals surface area contributed by atoms with E-state index in [0.717, 1.165) is 0 Å². The van der Waals surface area contributed by atoms with Gasteiger partial charge in [0.15, 0.2) is 11.5 Å². The van der Waals surface area contributed by atoms with Gasteiger partial charge in [-0.2, -0.15) is 23.1 Å². The van der Waals surface area contributed by atoms with Crippen LogP contribution in [0.2, 0.25) is 0 Å². The standard InChI is InChI=1S/C14H13F3N6O/c1-24-9-4-2-8(3-5-9)21-13-22-11(18-6-14(15,16)17)10-12(23-13)20-7-19-10/h2-5,7H,6H2,1H3,(H3,18,19,20,21,22,23). The van der Waals surface area contributed by atoms with E-state index in [-0.39, 0.29) is 17.4 Å². The molecular formula is C14H13F3N6O. The smallest absolute Gasteiger partial charge is 0.405 e. The molecule has 0 radical (unpaired) electrons. The van der Waals surface area contributed by atoms with Crippen molar-refractivity contribution in [3.8, 4) is 5.75 Å². The lowest BCUT2D eigenvalue weighted by Crippen LogP contribution is -2.22. The Morgan fingerprint density at radius 1 is 1.17 bits per heavy atom. The molecule has 0 unspecified atom stereocenters. The first kappa shape index (κ1) is 15.8. The van der Waals surface area contributed by atoms with E-state index in [1.54, 1.807) is 31.4 Å². The molecule has 2 heterocycles. The molecule has 0 aliphatic heterocycles. The summed E-state index contributed by atoms with van der Waals surface area (Å²) in [4.78, 5) is 14.9. The molecular weight excluding hydrogens is 325 g/mol. The summed E-state index contributed by atoms with van der Waals surface area (Å²) in [5.41, 5.74) is 1.22. The van der Waals surface area contributed by atoms with Crippen LogP contribution in [0.1, 0.15) is 0 Å². The molecule has 126 valence electrons. The first-order valence-electron chi connectivity index (χ1n) is 6.87. The molecule has 0 saturated heterocycles. The largest absolute Gasteiger partial charge is 0.497 e. The number of rotatable bonds is 5. The topological polar surface area (TPSA) is 87.8 Å². The second-order valence-electron chi connectivity index (χ2n) is 4.82. The molecule has 0 aliphatic carbocycles. The molecule has 0 bridgehead atoms. The van der Waals surface area contributed by atoms with Crippen LogP contribution in [-0.2, 0) is 0 Å². The Balaban J connectivity index is 1.87. The summed E-state index contributed by atoms with van der Waals surface area (Å²) in [6.45, 7) is -1.21. The fourth-order valence-electron chi connectivity index (χ4n) is 2.00. The number of halogens is 3. The average Bonchev–Trinajstić information content (AvgIpc) is 3.01. The van der Waals surface area contributed by atoms with Gasteiger partial charge < -0.3 is 20.4 Å². The molecule has 0 spiro atoms. The highest BCUT2D eigenvalue weighted by atomic mass is 19.4. The highest BCUT2D eigenvalue weighted by Crippen LogP contribution is 2.24. The molecule has 0 aliphatic rings. The molecule has 0 saturated carbocycles. The van der Waals surface area contributed by atoms with Crippen molar-refractivity contribution in [2.24, 2.45) is 0 Å². The third-order valence-electron chi connectivity index (χ3n) is 3.09. The minimum Gasteiger partial charge on any atom is -0.497 e. The van der Waals surface area contributed by atoms with Crippen molar-refractivity contribution in [2.75, 3.05) is 24.3 Å². The lowest BCUT2D eigenvalue weighted by molar-refractivity contribution is -0.115. The quantitative estimate of drug-likeness (QED) is 0.663. The number of alkyl halides is 3. The Kier molecular flexibility index (Phi) is 4.11. The molecule has 24 heavy (non-hydrogen) atoms. The minimum atomic E-state index is -4.36. The van der Waals surface area contributed by atoms with Gasteiger partial charge in [-0.3, -0.25) is 0 Å². The number of hydrogen-bond donors (Lipinski definition) is 3. The highest BCUT2D eigenvalue weighted by Gasteiger charge is 2.27. The van der Waals surface area contributed by atoms with E-state index in [1.807, 2.05) is 0 Å². The lowest BCUT2D eigenvalue weighted by Gasteiger charge is -2.11. The van der Waals surface area contributed by atoms with Crippen LogP contribution in [0.15, 0.2) is 30.6 Å². The number of benzene rings is 1. The molecule has 3 rings (SSSR count). The molecule has 0 amide bonds. The first-order chi connectivity index (χ1) is 11.4. The number of fused-ring (bicyclic) bond motifs is 1. The van der Waals surface area contributed by atoms with Crippen molar-refractivity contribution < 1.29 is 17.9 Å². The van der Waals surface area contributed by atoms with E-state index in [4.69, 9.17) is 4.74 Å². The number of aromatic amines is 1. The van der Waals surface area contributed by atoms with E-state index >= 15 is 0 Å². The van der Waals surface area contributed by atoms with Gasteiger partial charge in [-0.1, -0.05) is 0 Å². The van der Waals surface area contributed by atoms with Crippen LogP contribution < -0.4 is 15.4 Å². The van der Waals surface area contributed by atoms with Crippen molar-refractivity contribution in [2.45, 2.75) is 6.18 Å². The number of aromatic nitrogens is 4. The van der Waals surface area contributed by atoms with Gasteiger partial charge in [-0.25, -0.2) is 4.98 Å². The number of imidazole rings is 1. The number of nitrogens with one attached hydrogen (secondary N) is 3. The summed E-state index contributed by atoms with van der Waals surface area (Å²) in [6, 6.07) is 6.94. The predicted molar refractivity (Wildman–Crippen MR) is 82.5 cm³/mol. The number of ether oxygens (including phenoxy) is 1. The molecule has 10 heteroatoms. The Morgan fingerprint density at radius 3 is 2.58 bits per heavy atom. The van der Waals surface area contributed by atoms with Crippen LogP contribution in [0.4, 0.5) is 30.6 Å². The van der Waals surface area contributed by atoms with E-state index < -0.39 is 12.7 Å². The zero-order valence-electron chi connectivity index (χ0n) is 12.5. The van der Waals surface area contributed by atoms with Gasteiger partial charge in [0, 0.05) is 5.69 Å². The third kappa shape index (κ3) is 3.65. The minimum absolute atomic E-state index is 0.0193. The van der Waals surface area contributed by atoms with Gasteiger partial charge in [0.25, 0.3) is 0 Å². The normalized spacial score (nSPS) is 11.5. The molecule has 1 aromatic carbocycles. The maximum absolute atomic E-state index is 12.4. The maximum atomic E-state index is 12.4. The summed E-state index contributed by atoms with van der Waals surface area (Å²) < 4.78 is 42.3. The fraction of sp³-hybridized carbons (Fsp3) is 0.214. The van der Waals surface area contributed by atoms with Gasteiger partial charge in [-0.15, -0.1) is 0 Å². The number of methoxy groups -OCH3 is 1.